The molecule has 2 aromatic rings. The number of ether oxygens (including phenoxy) is 1. The van der Waals surface area contributed by atoms with Crippen molar-refractivity contribution in [3.8, 4) is 5.75 Å². The molecule has 24 heavy (non-hydrogen) atoms. The molecule has 5 nitrogen and oxygen atoms in total. The van der Waals surface area contributed by atoms with E-state index in [1.165, 1.54) is 0 Å². The summed E-state index contributed by atoms with van der Waals surface area (Å²) in [5.41, 5.74) is 0. The largest absolute Gasteiger partial charge is 0.490 e. The number of halogens is 2. The van der Waals surface area contributed by atoms with Gasteiger partial charge < -0.3 is 19.8 Å². The highest BCUT2D eigenvalue weighted by molar-refractivity contribution is 14.0. The number of rotatable bonds is 6. The number of aliphatic imine (C=N–C) groups is 1. The van der Waals surface area contributed by atoms with Gasteiger partial charge in [-0.1, -0.05) is 23.7 Å². The molecule has 0 saturated carbocycles. The molecule has 0 aliphatic heterocycles. The highest BCUT2D eigenvalue weighted by Gasteiger charge is 2.11. The van der Waals surface area contributed by atoms with E-state index < -0.39 is 0 Å². The van der Waals surface area contributed by atoms with Crippen molar-refractivity contribution in [3.63, 3.8) is 0 Å². The van der Waals surface area contributed by atoms with E-state index in [1.807, 2.05) is 44.2 Å². The molecule has 0 aliphatic carbocycles. The fraction of sp³-hybridized carbons (Fsp3) is 0.353. The van der Waals surface area contributed by atoms with Gasteiger partial charge in [0.25, 0.3) is 0 Å². The van der Waals surface area contributed by atoms with Crippen molar-refractivity contribution in [2.75, 3.05) is 20.2 Å². The Balaban J connectivity index is 0.00000288. The van der Waals surface area contributed by atoms with Gasteiger partial charge in [-0.15, -0.1) is 24.0 Å². The standard InChI is InChI=1S/C17H22ClN3O2.HI/c1-12-8-9-15(23-12)13(2)21-17(19-3)20-10-11-22-16-7-5-4-6-14(16)18;/h4-9,13H,10-11H2,1-3H3,(H2,19,20,21);1H. The summed E-state index contributed by atoms with van der Waals surface area (Å²) in [4.78, 5) is 4.19. The molecule has 1 unspecified atom stereocenters. The first-order chi connectivity index (χ1) is 11.1. The van der Waals surface area contributed by atoms with Crippen LogP contribution in [0.4, 0.5) is 0 Å². The number of hydrogen-bond donors (Lipinski definition) is 2. The SMILES string of the molecule is CN=C(NCCOc1ccccc1Cl)NC(C)c1ccc(C)o1.I. The van der Waals surface area contributed by atoms with Crippen LogP contribution in [0.1, 0.15) is 24.5 Å². The van der Waals surface area contributed by atoms with Gasteiger partial charge in [-0.3, -0.25) is 4.99 Å². The van der Waals surface area contributed by atoms with Gasteiger partial charge in [-0.2, -0.15) is 0 Å². The van der Waals surface area contributed by atoms with Gasteiger partial charge in [0.2, 0.25) is 0 Å². The number of para-hydroxylation sites is 1. The second-order valence-corrected chi connectivity index (χ2v) is 5.50. The molecule has 0 spiro atoms. The Labute approximate surface area is 164 Å². The molecule has 1 atom stereocenters. The number of nitrogens with zero attached hydrogens (tertiary/aromatic N) is 1. The Morgan fingerprint density at radius 1 is 1.29 bits per heavy atom. The van der Waals surface area contributed by atoms with Crippen LogP contribution < -0.4 is 15.4 Å². The average Bonchev–Trinajstić information content (AvgIpc) is 2.98. The van der Waals surface area contributed by atoms with E-state index in [9.17, 15) is 0 Å². The summed E-state index contributed by atoms with van der Waals surface area (Å²) < 4.78 is 11.2. The van der Waals surface area contributed by atoms with Crippen LogP contribution in [0.15, 0.2) is 45.8 Å². The van der Waals surface area contributed by atoms with Crippen LogP contribution in [-0.4, -0.2) is 26.2 Å². The average molecular weight is 464 g/mol. The van der Waals surface area contributed by atoms with E-state index in [0.717, 1.165) is 11.5 Å². The van der Waals surface area contributed by atoms with Crippen molar-refractivity contribution in [2.24, 2.45) is 4.99 Å². The van der Waals surface area contributed by atoms with Crippen molar-refractivity contribution >= 4 is 41.5 Å². The minimum atomic E-state index is 0. The first-order valence-corrected chi connectivity index (χ1v) is 7.89. The van der Waals surface area contributed by atoms with Gasteiger partial charge in [-0.25, -0.2) is 0 Å². The molecule has 0 amide bonds. The minimum Gasteiger partial charge on any atom is -0.490 e. The lowest BCUT2D eigenvalue weighted by atomic mass is 10.2. The molecule has 2 N–H and O–H groups in total. The van der Waals surface area contributed by atoms with Crippen LogP contribution in [0.25, 0.3) is 0 Å². The highest BCUT2D eigenvalue weighted by Crippen LogP contribution is 2.22. The molecule has 2 rings (SSSR count). The maximum absolute atomic E-state index is 6.04. The van der Waals surface area contributed by atoms with Gasteiger partial charge >= 0.3 is 0 Å². The Kier molecular flexibility index (Phi) is 8.99. The molecule has 0 radical (unpaired) electrons. The summed E-state index contributed by atoms with van der Waals surface area (Å²) in [7, 11) is 1.73. The number of hydrogen-bond acceptors (Lipinski definition) is 3. The monoisotopic (exact) mass is 463 g/mol. The lowest BCUT2D eigenvalue weighted by molar-refractivity contribution is 0.321. The van der Waals surface area contributed by atoms with E-state index in [2.05, 4.69) is 15.6 Å². The van der Waals surface area contributed by atoms with E-state index in [4.69, 9.17) is 20.8 Å². The third kappa shape index (κ3) is 6.24. The molecule has 0 bridgehead atoms. The third-order valence-corrected chi connectivity index (χ3v) is 3.57. The predicted octanol–water partition coefficient (Wildman–Crippen LogP) is 4.16. The van der Waals surface area contributed by atoms with E-state index >= 15 is 0 Å². The van der Waals surface area contributed by atoms with Crippen LogP contribution in [-0.2, 0) is 0 Å². The van der Waals surface area contributed by atoms with E-state index in [1.54, 1.807) is 13.1 Å². The molecule has 1 aromatic heterocycles. The molecule has 1 aromatic carbocycles. The zero-order valence-corrected chi connectivity index (χ0v) is 17.1. The van der Waals surface area contributed by atoms with Crippen molar-refractivity contribution in [3.05, 3.63) is 52.9 Å². The number of benzene rings is 1. The van der Waals surface area contributed by atoms with Crippen molar-refractivity contribution in [1.82, 2.24) is 10.6 Å². The fourth-order valence-electron chi connectivity index (χ4n) is 2.05. The first-order valence-electron chi connectivity index (χ1n) is 7.51. The minimum absolute atomic E-state index is 0. The molecule has 0 fully saturated rings. The molecule has 7 heteroatoms. The molecular formula is C17H23ClIN3O2. The Morgan fingerprint density at radius 2 is 2.04 bits per heavy atom. The molecular weight excluding hydrogens is 441 g/mol. The van der Waals surface area contributed by atoms with Crippen LogP contribution in [0, 0.1) is 6.92 Å². The second kappa shape index (κ2) is 10.5. The molecule has 0 saturated heterocycles. The molecule has 1 heterocycles. The number of aryl methyl sites for hydroxylation is 1. The topological polar surface area (TPSA) is 58.8 Å². The van der Waals surface area contributed by atoms with Crippen LogP contribution in [0.5, 0.6) is 5.75 Å². The second-order valence-electron chi connectivity index (χ2n) is 5.09. The Bertz CT molecular complexity index is 661. The van der Waals surface area contributed by atoms with Crippen molar-refractivity contribution in [1.29, 1.82) is 0 Å². The van der Waals surface area contributed by atoms with Gasteiger partial charge in [0.15, 0.2) is 5.96 Å². The van der Waals surface area contributed by atoms with E-state index in [-0.39, 0.29) is 30.0 Å². The number of guanidine groups is 1. The van der Waals surface area contributed by atoms with Crippen molar-refractivity contribution in [2.45, 2.75) is 19.9 Å². The number of nitrogens with one attached hydrogen (secondary N) is 2. The normalized spacial score (nSPS) is 12.2. The maximum Gasteiger partial charge on any atom is 0.191 e. The van der Waals surface area contributed by atoms with Gasteiger partial charge in [0, 0.05) is 7.05 Å². The quantitative estimate of drug-likeness (QED) is 0.292. The maximum atomic E-state index is 6.04. The first kappa shape index (κ1) is 20.6. The Morgan fingerprint density at radius 3 is 2.67 bits per heavy atom. The number of furan rings is 1. The zero-order chi connectivity index (χ0) is 16.7. The molecule has 132 valence electrons. The fourth-order valence-corrected chi connectivity index (χ4v) is 2.24. The third-order valence-electron chi connectivity index (χ3n) is 3.25. The summed E-state index contributed by atoms with van der Waals surface area (Å²) in [6, 6.07) is 11.3. The van der Waals surface area contributed by atoms with Crippen LogP contribution >= 0.6 is 35.6 Å². The lowest BCUT2D eigenvalue weighted by Gasteiger charge is -2.16. The lowest BCUT2D eigenvalue weighted by Crippen LogP contribution is -2.40. The highest BCUT2D eigenvalue weighted by atomic mass is 127. The summed E-state index contributed by atoms with van der Waals surface area (Å²) >= 11 is 6.04. The van der Waals surface area contributed by atoms with Gasteiger partial charge in [-0.05, 0) is 38.1 Å². The smallest absolute Gasteiger partial charge is 0.191 e. The zero-order valence-electron chi connectivity index (χ0n) is 14.0. The van der Waals surface area contributed by atoms with Crippen molar-refractivity contribution < 1.29 is 9.15 Å². The Hall–Kier alpha value is -1.41. The summed E-state index contributed by atoms with van der Waals surface area (Å²) in [5, 5.41) is 7.07. The predicted molar refractivity (Wildman–Crippen MR) is 109 cm³/mol. The van der Waals surface area contributed by atoms with E-state index in [0.29, 0.717) is 29.9 Å². The van der Waals surface area contributed by atoms with Crippen LogP contribution in [0.2, 0.25) is 5.02 Å². The summed E-state index contributed by atoms with van der Waals surface area (Å²) in [6.45, 7) is 5.04. The summed E-state index contributed by atoms with van der Waals surface area (Å²) in [6.07, 6.45) is 0. The molecule has 0 aliphatic rings. The summed E-state index contributed by atoms with van der Waals surface area (Å²) in [5.74, 6) is 3.13. The van der Waals surface area contributed by atoms with Crippen LogP contribution in [0.3, 0.4) is 0 Å². The van der Waals surface area contributed by atoms with Gasteiger partial charge in [0.05, 0.1) is 17.6 Å². The van der Waals surface area contributed by atoms with Gasteiger partial charge in [0.1, 0.15) is 23.9 Å².